The third kappa shape index (κ3) is 7.62. The van der Waals surface area contributed by atoms with Crippen LogP contribution < -0.4 is 0 Å². The molecular formula is C10H23NO2S. The predicted octanol–water partition coefficient (Wildman–Crippen LogP) is 1.07. The number of methoxy groups -OCH3 is 1. The van der Waals surface area contributed by atoms with Gasteiger partial charge in [-0.25, -0.2) is 0 Å². The quantitative estimate of drug-likeness (QED) is 0.590. The molecule has 0 aromatic carbocycles. The molecule has 0 saturated carbocycles. The smallest absolute Gasteiger partial charge is 0.0863 e. The fourth-order valence-electron chi connectivity index (χ4n) is 1.19. The minimum absolute atomic E-state index is 0.318. The number of nitrogens with zero attached hydrogens (tertiary/aromatic N) is 1. The van der Waals surface area contributed by atoms with Gasteiger partial charge >= 0.3 is 0 Å². The van der Waals surface area contributed by atoms with E-state index in [0.29, 0.717) is 6.61 Å². The molecule has 1 unspecified atom stereocenters. The number of aliphatic hydroxyl groups is 1. The summed E-state index contributed by atoms with van der Waals surface area (Å²) in [6.45, 7) is 8.12. The second-order valence-corrected chi connectivity index (χ2v) is 4.36. The maximum absolute atomic E-state index is 9.37. The Morgan fingerprint density at radius 1 is 1.36 bits per heavy atom. The molecular weight excluding hydrogens is 198 g/mol. The minimum Gasteiger partial charge on any atom is -0.390 e. The Bertz CT molecular complexity index is 121. The van der Waals surface area contributed by atoms with E-state index in [2.05, 4.69) is 18.7 Å². The van der Waals surface area contributed by atoms with Crippen LogP contribution in [0.25, 0.3) is 0 Å². The van der Waals surface area contributed by atoms with E-state index in [9.17, 15) is 5.11 Å². The van der Waals surface area contributed by atoms with Crippen molar-refractivity contribution in [2.75, 3.05) is 44.9 Å². The molecule has 0 rings (SSSR count). The molecule has 0 aliphatic heterocycles. The van der Waals surface area contributed by atoms with Crippen LogP contribution in [0.2, 0.25) is 0 Å². The first-order valence-electron chi connectivity index (χ1n) is 5.21. The summed E-state index contributed by atoms with van der Waals surface area (Å²) in [5, 5.41) is 9.37. The van der Waals surface area contributed by atoms with Crippen molar-refractivity contribution in [2.45, 2.75) is 20.0 Å². The van der Waals surface area contributed by atoms with Crippen LogP contribution in [0.15, 0.2) is 0 Å². The van der Waals surface area contributed by atoms with E-state index in [1.54, 1.807) is 18.9 Å². The largest absolute Gasteiger partial charge is 0.390 e. The molecule has 1 N–H and O–H groups in total. The minimum atomic E-state index is -0.318. The summed E-state index contributed by atoms with van der Waals surface area (Å²) in [5.41, 5.74) is 0. The van der Waals surface area contributed by atoms with Crippen molar-refractivity contribution in [1.29, 1.82) is 0 Å². The van der Waals surface area contributed by atoms with Gasteiger partial charge < -0.3 is 14.7 Å². The van der Waals surface area contributed by atoms with Crippen LogP contribution in [-0.2, 0) is 4.74 Å². The van der Waals surface area contributed by atoms with Gasteiger partial charge in [-0.05, 0) is 13.1 Å². The van der Waals surface area contributed by atoms with E-state index in [1.165, 1.54) is 0 Å². The highest BCUT2D eigenvalue weighted by atomic mass is 32.2. The highest BCUT2D eigenvalue weighted by molar-refractivity contribution is 7.99. The van der Waals surface area contributed by atoms with Gasteiger partial charge in [0.1, 0.15) is 0 Å². The van der Waals surface area contributed by atoms with E-state index in [1.807, 2.05) is 0 Å². The fraction of sp³-hybridized carbons (Fsp3) is 1.00. The van der Waals surface area contributed by atoms with Crippen molar-refractivity contribution in [3.63, 3.8) is 0 Å². The third-order valence-corrected chi connectivity index (χ3v) is 3.21. The molecule has 0 bridgehead atoms. The molecule has 0 radical (unpaired) electrons. The number of hydrogen-bond acceptors (Lipinski definition) is 4. The lowest BCUT2D eigenvalue weighted by molar-refractivity contribution is 0.0794. The Kier molecular flexibility index (Phi) is 9.93. The number of aliphatic hydroxyl groups excluding tert-OH is 1. The number of hydrogen-bond donors (Lipinski definition) is 1. The Balaban J connectivity index is 3.27. The average molecular weight is 221 g/mol. The predicted molar refractivity (Wildman–Crippen MR) is 63.0 cm³/mol. The number of thioether (sulfide) groups is 1. The van der Waals surface area contributed by atoms with Crippen LogP contribution in [0.3, 0.4) is 0 Å². The molecule has 0 spiro atoms. The summed E-state index contributed by atoms with van der Waals surface area (Å²) in [4.78, 5) is 2.38. The SMILES string of the molecule is CCN(CC)CCSCC(O)COC. The lowest BCUT2D eigenvalue weighted by Crippen LogP contribution is -2.26. The van der Waals surface area contributed by atoms with Crippen LogP contribution in [-0.4, -0.2) is 61.0 Å². The van der Waals surface area contributed by atoms with E-state index in [4.69, 9.17) is 4.74 Å². The topological polar surface area (TPSA) is 32.7 Å². The van der Waals surface area contributed by atoms with Crippen molar-refractivity contribution in [3.05, 3.63) is 0 Å². The average Bonchev–Trinajstić information content (AvgIpc) is 2.19. The van der Waals surface area contributed by atoms with Gasteiger partial charge in [0.15, 0.2) is 0 Å². The summed E-state index contributed by atoms with van der Waals surface area (Å²) in [5.74, 6) is 1.86. The Morgan fingerprint density at radius 2 is 2.00 bits per heavy atom. The maximum atomic E-state index is 9.37. The van der Waals surface area contributed by atoms with Crippen LogP contribution >= 0.6 is 11.8 Å². The van der Waals surface area contributed by atoms with Crippen molar-refractivity contribution in [1.82, 2.24) is 4.90 Å². The molecule has 0 saturated heterocycles. The molecule has 86 valence electrons. The molecule has 14 heavy (non-hydrogen) atoms. The highest BCUT2D eigenvalue weighted by Gasteiger charge is 2.04. The first kappa shape index (κ1) is 14.2. The van der Waals surface area contributed by atoms with Crippen LogP contribution in [0, 0.1) is 0 Å². The van der Waals surface area contributed by atoms with Gasteiger partial charge in [-0.15, -0.1) is 0 Å². The van der Waals surface area contributed by atoms with Gasteiger partial charge in [0.25, 0.3) is 0 Å². The first-order valence-corrected chi connectivity index (χ1v) is 6.37. The summed E-state index contributed by atoms with van der Waals surface area (Å²) in [6.07, 6.45) is -0.318. The van der Waals surface area contributed by atoms with Crippen LogP contribution in [0.4, 0.5) is 0 Å². The summed E-state index contributed by atoms with van der Waals surface area (Å²) in [7, 11) is 1.61. The lowest BCUT2D eigenvalue weighted by atomic mass is 10.4. The second-order valence-electron chi connectivity index (χ2n) is 3.21. The van der Waals surface area contributed by atoms with Crippen LogP contribution in [0.5, 0.6) is 0 Å². The zero-order valence-electron chi connectivity index (χ0n) is 9.53. The molecule has 0 aromatic rings. The summed E-state index contributed by atoms with van der Waals surface area (Å²) >= 11 is 1.79. The van der Waals surface area contributed by atoms with Gasteiger partial charge in [0.2, 0.25) is 0 Å². The zero-order chi connectivity index (χ0) is 10.8. The van der Waals surface area contributed by atoms with Crippen molar-refractivity contribution in [3.8, 4) is 0 Å². The third-order valence-electron chi connectivity index (χ3n) is 2.12. The molecule has 0 amide bonds. The van der Waals surface area contributed by atoms with Crippen molar-refractivity contribution >= 4 is 11.8 Å². The van der Waals surface area contributed by atoms with Crippen molar-refractivity contribution < 1.29 is 9.84 Å². The Labute approximate surface area is 91.8 Å². The maximum Gasteiger partial charge on any atom is 0.0863 e. The number of rotatable bonds is 9. The normalized spacial score (nSPS) is 13.5. The second kappa shape index (κ2) is 9.77. The molecule has 1 atom stereocenters. The van der Waals surface area contributed by atoms with Crippen LogP contribution in [0.1, 0.15) is 13.8 Å². The van der Waals surface area contributed by atoms with Gasteiger partial charge in [-0.3, -0.25) is 0 Å². The standard InChI is InChI=1S/C10H23NO2S/c1-4-11(5-2)6-7-14-9-10(12)8-13-3/h10,12H,4-9H2,1-3H3. The summed E-state index contributed by atoms with van der Waals surface area (Å²) < 4.78 is 4.85. The zero-order valence-corrected chi connectivity index (χ0v) is 10.3. The fourth-order valence-corrected chi connectivity index (χ4v) is 2.12. The van der Waals surface area contributed by atoms with Gasteiger partial charge in [-0.2, -0.15) is 11.8 Å². The summed E-state index contributed by atoms with van der Waals surface area (Å²) in [6, 6.07) is 0. The molecule has 0 aliphatic carbocycles. The molecule has 0 heterocycles. The molecule has 3 nitrogen and oxygen atoms in total. The first-order chi connectivity index (χ1) is 6.74. The van der Waals surface area contributed by atoms with E-state index < -0.39 is 0 Å². The van der Waals surface area contributed by atoms with E-state index in [-0.39, 0.29) is 6.10 Å². The Morgan fingerprint density at radius 3 is 2.50 bits per heavy atom. The molecule has 0 aromatic heterocycles. The van der Waals surface area contributed by atoms with Gasteiger partial charge in [-0.1, -0.05) is 13.8 Å². The monoisotopic (exact) mass is 221 g/mol. The number of ether oxygens (including phenoxy) is 1. The lowest BCUT2D eigenvalue weighted by Gasteiger charge is -2.17. The van der Waals surface area contributed by atoms with Crippen molar-refractivity contribution in [2.24, 2.45) is 0 Å². The molecule has 4 heteroatoms. The molecule has 0 fully saturated rings. The molecule has 0 aliphatic rings. The van der Waals surface area contributed by atoms with Gasteiger partial charge in [0.05, 0.1) is 12.7 Å². The van der Waals surface area contributed by atoms with E-state index >= 15 is 0 Å². The van der Waals surface area contributed by atoms with Gasteiger partial charge in [0, 0.05) is 25.2 Å². The highest BCUT2D eigenvalue weighted by Crippen LogP contribution is 2.04. The Hall–Kier alpha value is 0.230. The van der Waals surface area contributed by atoms with E-state index in [0.717, 1.165) is 31.1 Å².